The molecule has 3 aromatic rings. The van der Waals surface area contributed by atoms with Gasteiger partial charge >= 0.3 is 0 Å². The number of amides is 1. The van der Waals surface area contributed by atoms with Crippen LogP contribution in [0.15, 0.2) is 64.8 Å². The van der Waals surface area contributed by atoms with Crippen molar-refractivity contribution in [2.45, 2.75) is 33.7 Å². The van der Waals surface area contributed by atoms with Gasteiger partial charge in [0.25, 0.3) is 11.7 Å². The van der Waals surface area contributed by atoms with Crippen molar-refractivity contribution in [1.29, 1.82) is 0 Å². The van der Waals surface area contributed by atoms with Crippen molar-refractivity contribution in [2.75, 3.05) is 4.90 Å². The van der Waals surface area contributed by atoms with Gasteiger partial charge in [0.1, 0.15) is 17.6 Å². The Balaban J connectivity index is 1.95. The Kier molecular flexibility index (Phi) is 4.82. The number of aryl methyl sites for hydroxylation is 4. The predicted molar refractivity (Wildman–Crippen MR) is 115 cm³/mol. The number of carbonyl (C=O) groups excluding carboxylic acids is 2. The van der Waals surface area contributed by atoms with Crippen molar-refractivity contribution in [3.8, 4) is 0 Å². The van der Waals surface area contributed by atoms with Crippen LogP contribution in [0.2, 0.25) is 0 Å². The Morgan fingerprint density at radius 2 is 1.63 bits per heavy atom. The van der Waals surface area contributed by atoms with E-state index in [2.05, 4.69) is 0 Å². The molecular formula is C25H23NO4. The molecule has 2 aromatic carbocycles. The molecule has 1 aromatic heterocycles. The monoisotopic (exact) mass is 401 g/mol. The zero-order valence-electron chi connectivity index (χ0n) is 17.4. The molecule has 1 N–H and O–H groups in total. The van der Waals surface area contributed by atoms with E-state index >= 15 is 0 Å². The third-order valence-electron chi connectivity index (χ3n) is 5.52. The first-order chi connectivity index (χ1) is 14.3. The second-order valence-corrected chi connectivity index (χ2v) is 7.83. The smallest absolute Gasteiger partial charge is 0.300 e. The van der Waals surface area contributed by atoms with E-state index in [-0.39, 0.29) is 11.3 Å². The van der Waals surface area contributed by atoms with Crippen molar-refractivity contribution < 1.29 is 19.1 Å². The third kappa shape index (κ3) is 3.22. The molecule has 2 heterocycles. The van der Waals surface area contributed by atoms with Crippen molar-refractivity contribution in [2.24, 2.45) is 0 Å². The molecule has 152 valence electrons. The zero-order chi connectivity index (χ0) is 21.6. The highest BCUT2D eigenvalue weighted by molar-refractivity contribution is 6.51. The quantitative estimate of drug-likeness (QED) is 0.375. The maximum atomic E-state index is 13.1. The fourth-order valence-corrected chi connectivity index (χ4v) is 3.95. The highest BCUT2D eigenvalue weighted by Gasteiger charge is 2.48. The van der Waals surface area contributed by atoms with E-state index in [9.17, 15) is 14.7 Å². The van der Waals surface area contributed by atoms with Crippen LogP contribution >= 0.6 is 0 Å². The van der Waals surface area contributed by atoms with Gasteiger partial charge in [-0.15, -0.1) is 0 Å². The van der Waals surface area contributed by atoms with Gasteiger partial charge in [-0.3, -0.25) is 14.5 Å². The van der Waals surface area contributed by atoms with Gasteiger partial charge in [0.05, 0.1) is 11.8 Å². The van der Waals surface area contributed by atoms with Crippen LogP contribution in [0.4, 0.5) is 5.69 Å². The topological polar surface area (TPSA) is 70.8 Å². The lowest BCUT2D eigenvalue weighted by atomic mass is 9.97. The lowest BCUT2D eigenvalue weighted by Crippen LogP contribution is -2.29. The van der Waals surface area contributed by atoms with Gasteiger partial charge in [0.15, 0.2) is 0 Å². The summed E-state index contributed by atoms with van der Waals surface area (Å²) in [5.74, 6) is -1.21. The molecule has 0 spiro atoms. The number of rotatable bonds is 3. The van der Waals surface area contributed by atoms with Gasteiger partial charge in [-0.1, -0.05) is 18.2 Å². The summed E-state index contributed by atoms with van der Waals surface area (Å²) in [7, 11) is 0. The first-order valence-electron chi connectivity index (χ1n) is 9.78. The van der Waals surface area contributed by atoms with E-state index in [1.807, 2.05) is 58.0 Å². The van der Waals surface area contributed by atoms with Crippen LogP contribution in [-0.2, 0) is 9.59 Å². The molecule has 0 saturated carbocycles. The summed E-state index contributed by atoms with van der Waals surface area (Å²) in [6.45, 7) is 7.78. The summed E-state index contributed by atoms with van der Waals surface area (Å²) in [5, 5.41) is 11.1. The number of aliphatic hydroxyl groups excluding tert-OH is 1. The van der Waals surface area contributed by atoms with E-state index in [1.54, 1.807) is 18.2 Å². The molecule has 1 aliphatic rings. The number of Topliss-reactive ketones (excluding diaryl/α,β-unsaturated/α-hetero) is 1. The molecule has 1 aliphatic heterocycles. The van der Waals surface area contributed by atoms with E-state index in [4.69, 9.17) is 4.42 Å². The summed E-state index contributed by atoms with van der Waals surface area (Å²) in [6.07, 6.45) is 1.49. The largest absolute Gasteiger partial charge is 0.507 e. The molecule has 5 heteroatoms. The highest BCUT2D eigenvalue weighted by atomic mass is 16.3. The van der Waals surface area contributed by atoms with E-state index < -0.39 is 17.7 Å². The van der Waals surface area contributed by atoms with Crippen LogP contribution in [-0.4, -0.2) is 16.8 Å². The summed E-state index contributed by atoms with van der Waals surface area (Å²) in [4.78, 5) is 27.6. The number of furan rings is 1. The average molecular weight is 401 g/mol. The van der Waals surface area contributed by atoms with Gasteiger partial charge in [0.2, 0.25) is 0 Å². The fourth-order valence-electron chi connectivity index (χ4n) is 3.95. The molecule has 0 bridgehead atoms. The van der Waals surface area contributed by atoms with E-state index in [0.717, 1.165) is 22.3 Å². The standard InChI is InChI=1S/C25H23NO4/c1-14-10-15(2)12-19(11-14)26-22(20-6-5-9-30-20)21(24(28)25(26)29)23(27)18-8-7-16(3)17(4)13-18/h5-13,22,27H,1-4H3/b23-21-. The van der Waals surface area contributed by atoms with Gasteiger partial charge < -0.3 is 9.52 Å². The number of ketones is 1. The van der Waals surface area contributed by atoms with E-state index in [1.165, 1.54) is 11.2 Å². The molecule has 1 amide bonds. The minimum atomic E-state index is -0.845. The normalized spacial score (nSPS) is 18.3. The van der Waals surface area contributed by atoms with Crippen LogP contribution in [0.3, 0.4) is 0 Å². The van der Waals surface area contributed by atoms with Crippen molar-refractivity contribution in [3.63, 3.8) is 0 Å². The molecular weight excluding hydrogens is 378 g/mol. The van der Waals surface area contributed by atoms with Gasteiger partial charge in [-0.25, -0.2) is 0 Å². The average Bonchev–Trinajstić information content (AvgIpc) is 3.30. The lowest BCUT2D eigenvalue weighted by Gasteiger charge is -2.24. The van der Waals surface area contributed by atoms with Crippen LogP contribution in [0, 0.1) is 27.7 Å². The van der Waals surface area contributed by atoms with Gasteiger partial charge in [-0.2, -0.15) is 0 Å². The maximum absolute atomic E-state index is 13.1. The van der Waals surface area contributed by atoms with Crippen molar-refractivity contribution >= 4 is 23.1 Å². The van der Waals surface area contributed by atoms with Crippen molar-refractivity contribution in [1.82, 2.24) is 0 Å². The molecule has 5 nitrogen and oxygen atoms in total. The Hall–Kier alpha value is -3.60. The molecule has 0 aliphatic carbocycles. The van der Waals surface area contributed by atoms with Crippen LogP contribution in [0.1, 0.15) is 39.6 Å². The van der Waals surface area contributed by atoms with E-state index in [0.29, 0.717) is 17.0 Å². The Morgan fingerprint density at radius 1 is 0.933 bits per heavy atom. The molecule has 4 rings (SSSR count). The highest BCUT2D eigenvalue weighted by Crippen LogP contribution is 2.42. The minimum Gasteiger partial charge on any atom is -0.507 e. The van der Waals surface area contributed by atoms with Crippen LogP contribution < -0.4 is 4.90 Å². The first-order valence-corrected chi connectivity index (χ1v) is 9.78. The molecule has 1 unspecified atom stereocenters. The van der Waals surface area contributed by atoms with Crippen LogP contribution in [0.25, 0.3) is 5.76 Å². The molecule has 0 radical (unpaired) electrons. The summed E-state index contributed by atoms with van der Waals surface area (Å²) >= 11 is 0. The Labute approximate surface area is 175 Å². The number of benzene rings is 2. The van der Waals surface area contributed by atoms with Crippen molar-refractivity contribution in [3.05, 3.63) is 93.9 Å². The summed E-state index contributed by atoms with van der Waals surface area (Å²) in [6, 6.07) is 13.7. The van der Waals surface area contributed by atoms with Gasteiger partial charge in [-0.05, 0) is 80.3 Å². The van der Waals surface area contributed by atoms with Crippen LogP contribution in [0.5, 0.6) is 0 Å². The first kappa shape index (κ1) is 19.7. The third-order valence-corrected chi connectivity index (χ3v) is 5.52. The summed E-state index contributed by atoms with van der Waals surface area (Å²) in [5.41, 5.74) is 5.11. The number of anilines is 1. The minimum absolute atomic E-state index is 0.0253. The lowest BCUT2D eigenvalue weighted by molar-refractivity contribution is -0.132. The Morgan fingerprint density at radius 3 is 2.23 bits per heavy atom. The number of carbonyl (C=O) groups is 2. The molecule has 1 atom stereocenters. The van der Waals surface area contributed by atoms with Gasteiger partial charge in [0, 0.05) is 11.3 Å². The second-order valence-electron chi connectivity index (χ2n) is 7.83. The number of hydrogen-bond donors (Lipinski definition) is 1. The number of nitrogens with zero attached hydrogens (tertiary/aromatic N) is 1. The maximum Gasteiger partial charge on any atom is 0.300 e. The Bertz CT molecular complexity index is 1170. The summed E-state index contributed by atoms with van der Waals surface area (Å²) < 4.78 is 5.59. The number of hydrogen-bond acceptors (Lipinski definition) is 4. The molecule has 30 heavy (non-hydrogen) atoms. The number of aliphatic hydroxyl groups is 1. The predicted octanol–water partition coefficient (Wildman–Crippen LogP) is 5.14. The zero-order valence-corrected chi connectivity index (χ0v) is 17.4. The fraction of sp³-hybridized carbons (Fsp3) is 0.200. The second kappa shape index (κ2) is 7.34. The molecule has 1 saturated heterocycles. The SMILES string of the molecule is Cc1cc(C)cc(N2C(=O)C(=O)/C(=C(\O)c3ccc(C)c(C)c3)C2c2ccco2)c1. The molecule has 1 fully saturated rings.